The molecule has 0 fully saturated rings. The van der Waals surface area contributed by atoms with Crippen LogP contribution in [0, 0.1) is 0 Å². The monoisotopic (exact) mass is 346 g/mol. The van der Waals surface area contributed by atoms with E-state index < -0.39 is 0 Å². The van der Waals surface area contributed by atoms with E-state index in [-0.39, 0.29) is 17.9 Å². The molecule has 1 unspecified atom stereocenters. The summed E-state index contributed by atoms with van der Waals surface area (Å²) in [6.45, 7) is 2.23. The van der Waals surface area contributed by atoms with Gasteiger partial charge in [0.05, 0.1) is 0 Å². The molecule has 120 valence electrons. The minimum Gasteiger partial charge on any atom is -0.351 e. The summed E-state index contributed by atoms with van der Waals surface area (Å²) in [5.41, 5.74) is 0. The van der Waals surface area contributed by atoms with E-state index in [0.717, 1.165) is 9.75 Å². The molecule has 0 radical (unpaired) electrons. The van der Waals surface area contributed by atoms with Crippen LogP contribution in [0.5, 0.6) is 0 Å². The van der Waals surface area contributed by atoms with Crippen molar-refractivity contribution in [3.05, 3.63) is 56.9 Å². The Hall–Kier alpha value is -2.18. The van der Waals surface area contributed by atoms with Crippen LogP contribution in [0.25, 0.3) is 12.2 Å². The number of rotatable bonds is 7. The summed E-state index contributed by atoms with van der Waals surface area (Å²) in [5, 5.41) is 9.49. The Labute approximate surface area is 143 Å². The predicted octanol–water partition coefficient (Wildman–Crippen LogP) is 3.16. The molecule has 6 heteroatoms. The summed E-state index contributed by atoms with van der Waals surface area (Å²) < 4.78 is 0. The van der Waals surface area contributed by atoms with Crippen LogP contribution in [0.3, 0.4) is 0 Å². The number of amides is 2. The standard InChI is InChI=1S/C17H18N2O2S2/c1-13(19-17(21)9-7-15-5-3-11-23-15)12-18-16(20)8-6-14-4-2-10-22-14/h2-11,13H,12H2,1H3,(H,18,20)(H,19,21)/b8-6+,9-7+. The largest absolute Gasteiger partial charge is 0.351 e. The van der Waals surface area contributed by atoms with Gasteiger partial charge in [-0.1, -0.05) is 12.1 Å². The van der Waals surface area contributed by atoms with E-state index in [9.17, 15) is 9.59 Å². The van der Waals surface area contributed by atoms with E-state index in [1.54, 1.807) is 34.8 Å². The summed E-state index contributed by atoms with van der Waals surface area (Å²) in [6, 6.07) is 7.61. The highest BCUT2D eigenvalue weighted by Gasteiger charge is 2.05. The lowest BCUT2D eigenvalue weighted by atomic mass is 10.3. The molecule has 0 saturated heterocycles. The molecule has 2 rings (SSSR count). The first-order valence-corrected chi connectivity index (χ1v) is 8.91. The van der Waals surface area contributed by atoms with Gasteiger partial charge >= 0.3 is 0 Å². The van der Waals surface area contributed by atoms with Crippen LogP contribution < -0.4 is 10.6 Å². The molecule has 4 nitrogen and oxygen atoms in total. The van der Waals surface area contributed by atoms with Gasteiger partial charge in [0.2, 0.25) is 11.8 Å². The Morgan fingerprint density at radius 3 is 2.13 bits per heavy atom. The minimum atomic E-state index is -0.173. The van der Waals surface area contributed by atoms with Crippen molar-refractivity contribution >= 4 is 46.6 Å². The van der Waals surface area contributed by atoms with Gasteiger partial charge in [-0.2, -0.15) is 0 Å². The maximum Gasteiger partial charge on any atom is 0.244 e. The quantitative estimate of drug-likeness (QED) is 0.757. The first-order valence-electron chi connectivity index (χ1n) is 7.15. The fraction of sp³-hybridized carbons (Fsp3) is 0.176. The van der Waals surface area contributed by atoms with Crippen molar-refractivity contribution in [3.63, 3.8) is 0 Å². The number of carbonyl (C=O) groups excluding carboxylic acids is 2. The summed E-state index contributed by atoms with van der Waals surface area (Å²) in [5.74, 6) is -0.345. The van der Waals surface area contributed by atoms with Gasteiger partial charge in [-0.3, -0.25) is 9.59 Å². The van der Waals surface area contributed by atoms with Crippen molar-refractivity contribution in [1.29, 1.82) is 0 Å². The van der Waals surface area contributed by atoms with E-state index in [0.29, 0.717) is 6.54 Å². The summed E-state index contributed by atoms with van der Waals surface area (Å²) in [4.78, 5) is 25.5. The Bertz CT molecular complexity index is 674. The average Bonchev–Trinajstić information content (AvgIpc) is 3.22. The molecule has 2 aromatic rings. The smallest absolute Gasteiger partial charge is 0.244 e. The van der Waals surface area contributed by atoms with Crippen LogP contribution in [0.15, 0.2) is 47.2 Å². The second-order valence-corrected chi connectivity index (χ2v) is 6.81. The van der Waals surface area contributed by atoms with Crippen molar-refractivity contribution in [2.24, 2.45) is 0 Å². The Balaban J connectivity index is 1.69. The molecule has 2 N–H and O–H groups in total. The third-order valence-electron chi connectivity index (χ3n) is 2.86. The summed E-state index contributed by atoms with van der Waals surface area (Å²) >= 11 is 3.14. The zero-order chi connectivity index (χ0) is 16.5. The van der Waals surface area contributed by atoms with Crippen LogP contribution in [-0.2, 0) is 9.59 Å². The van der Waals surface area contributed by atoms with Crippen molar-refractivity contribution in [3.8, 4) is 0 Å². The van der Waals surface area contributed by atoms with Crippen LogP contribution in [0.1, 0.15) is 16.7 Å². The fourth-order valence-electron chi connectivity index (χ4n) is 1.74. The lowest BCUT2D eigenvalue weighted by Crippen LogP contribution is -2.40. The first-order chi connectivity index (χ1) is 11.1. The van der Waals surface area contributed by atoms with Gasteiger partial charge in [-0.25, -0.2) is 0 Å². The van der Waals surface area contributed by atoms with Crippen molar-refractivity contribution < 1.29 is 9.59 Å². The van der Waals surface area contributed by atoms with Gasteiger partial charge in [-0.05, 0) is 42.0 Å². The van der Waals surface area contributed by atoms with Gasteiger partial charge in [0.15, 0.2) is 0 Å². The lowest BCUT2D eigenvalue weighted by molar-refractivity contribution is -0.118. The highest BCUT2D eigenvalue weighted by Crippen LogP contribution is 2.10. The molecule has 2 heterocycles. The van der Waals surface area contributed by atoms with Crippen molar-refractivity contribution in [2.75, 3.05) is 6.54 Å². The topological polar surface area (TPSA) is 58.2 Å². The minimum absolute atomic E-state index is 0.144. The molecule has 0 aliphatic rings. The molecule has 0 aliphatic carbocycles. The number of carbonyl (C=O) groups is 2. The molecule has 23 heavy (non-hydrogen) atoms. The summed E-state index contributed by atoms with van der Waals surface area (Å²) in [6.07, 6.45) is 6.54. The molecule has 0 spiro atoms. The SMILES string of the molecule is CC(CNC(=O)/C=C/c1cccs1)NC(=O)/C=C/c1cccs1. The molecule has 1 atom stereocenters. The zero-order valence-corrected chi connectivity index (χ0v) is 14.3. The highest BCUT2D eigenvalue weighted by molar-refractivity contribution is 7.11. The van der Waals surface area contributed by atoms with E-state index in [1.165, 1.54) is 12.2 Å². The fourth-order valence-corrected chi connectivity index (χ4v) is 2.98. The second kappa shape index (κ2) is 9.07. The molecule has 0 aromatic carbocycles. The Morgan fingerprint density at radius 2 is 1.61 bits per heavy atom. The lowest BCUT2D eigenvalue weighted by Gasteiger charge is -2.12. The molecule has 0 saturated carbocycles. The Morgan fingerprint density at radius 1 is 1.04 bits per heavy atom. The normalized spacial score (nSPS) is 12.6. The van der Waals surface area contributed by atoms with Gasteiger partial charge in [0.1, 0.15) is 0 Å². The van der Waals surface area contributed by atoms with E-state index in [1.807, 2.05) is 41.9 Å². The molecule has 2 amide bonds. The second-order valence-electron chi connectivity index (χ2n) is 4.85. The maximum absolute atomic E-state index is 11.8. The number of nitrogens with one attached hydrogen (secondary N) is 2. The van der Waals surface area contributed by atoms with E-state index in [2.05, 4.69) is 10.6 Å². The van der Waals surface area contributed by atoms with E-state index >= 15 is 0 Å². The number of thiophene rings is 2. The first kappa shape index (κ1) is 17.2. The van der Waals surface area contributed by atoms with Crippen molar-refractivity contribution in [1.82, 2.24) is 10.6 Å². The Kier molecular flexibility index (Phi) is 6.77. The molecule has 0 aliphatic heterocycles. The van der Waals surface area contributed by atoms with Gasteiger partial charge in [0, 0.05) is 34.5 Å². The molecular weight excluding hydrogens is 328 g/mol. The maximum atomic E-state index is 11.8. The van der Waals surface area contributed by atoms with E-state index in [4.69, 9.17) is 0 Å². The third-order valence-corrected chi connectivity index (χ3v) is 4.53. The van der Waals surface area contributed by atoms with Crippen LogP contribution in [-0.4, -0.2) is 24.4 Å². The third kappa shape index (κ3) is 6.63. The zero-order valence-electron chi connectivity index (χ0n) is 12.7. The van der Waals surface area contributed by atoms with Crippen LogP contribution in [0.2, 0.25) is 0 Å². The van der Waals surface area contributed by atoms with Crippen molar-refractivity contribution in [2.45, 2.75) is 13.0 Å². The molecule has 2 aromatic heterocycles. The number of hydrogen-bond acceptors (Lipinski definition) is 4. The van der Waals surface area contributed by atoms with Crippen LogP contribution in [0.4, 0.5) is 0 Å². The molecular formula is C17H18N2O2S2. The van der Waals surface area contributed by atoms with Gasteiger partial charge in [0.25, 0.3) is 0 Å². The number of hydrogen-bond donors (Lipinski definition) is 2. The highest BCUT2D eigenvalue weighted by atomic mass is 32.1. The molecule has 0 bridgehead atoms. The van der Waals surface area contributed by atoms with Crippen LogP contribution >= 0.6 is 22.7 Å². The van der Waals surface area contributed by atoms with Gasteiger partial charge in [-0.15, -0.1) is 22.7 Å². The predicted molar refractivity (Wildman–Crippen MR) is 97.3 cm³/mol. The summed E-state index contributed by atoms with van der Waals surface area (Å²) in [7, 11) is 0. The van der Waals surface area contributed by atoms with Gasteiger partial charge < -0.3 is 10.6 Å². The average molecular weight is 346 g/mol.